The van der Waals surface area contributed by atoms with Crippen molar-refractivity contribution in [3.05, 3.63) is 21.9 Å². The zero-order valence-corrected chi connectivity index (χ0v) is 11.3. The lowest BCUT2D eigenvalue weighted by molar-refractivity contribution is -0.131. The predicted molar refractivity (Wildman–Crippen MR) is 71.1 cm³/mol. The molecule has 94 valence electrons. The fraction of sp³-hybridized carbons (Fsp3) is 0.615. The SMILES string of the molecule is Cc1ccc(CC(=O)N2CC(CN)CC2C)s1. The summed E-state index contributed by atoms with van der Waals surface area (Å²) in [7, 11) is 0. The van der Waals surface area contributed by atoms with Crippen molar-refractivity contribution in [1.29, 1.82) is 0 Å². The van der Waals surface area contributed by atoms with Gasteiger partial charge in [0, 0.05) is 22.3 Å². The minimum Gasteiger partial charge on any atom is -0.339 e. The van der Waals surface area contributed by atoms with Crippen LogP contribution in [0.3, 0.4) is 0 Å². The topological polar surface area (TPSA) is 46.3 Å². The number of nitrogens with two attached hydrogens (primary N) is 1. The lowest BCUT2D eigenvalue weighted by Gasteiger charge is -2.21. The molecule has 1 aromatic heterocycles. The first kappa shape index (κ1) is 12.6. The second-order valence-electron chi connectivity index (χ2n) is 4.92. The Bertz CT molecular complexity index is 402. The zero-order chi connectivity index (χ0) is 12.4. The monoisotopic (exact) mass is 252 g/mol. The Morgan fingerprint density at radius 1 is 1.59 bits per heavy atom. The minimum absolute atomic E-state index is 0.246. The summed E-state index contributed by atoms with van der Waals surface area (Å²) in [6.07, 6.45) is 1.59. The van der Waals surface area contributed by atoms with Crippen molar-refractivity contribution >= 4 is 17.2 Å². The van der Waals surface area contributed by atoms with Crippen LogP contribution in [0.1, 0.15) is 23.1 Å². The van der Waals surface area contributed by atoms with Crippen molar-refractivity contribution in [3.8, 4) is 0 Å². The molecule has 1 amide bonds. The highest BCUT2D eigenvalue weighted by Gasteiger charge is 2.31. The molecule has 2 atom stereocenters. The van der Waals surface area contributed by atoms with Crippen LogP contribution in [0.25, 0.3) is 0 Å². The molecule has 1 fully saturated rings. The molecule has 0 bridgehead atoms. The highest BCUT2D eigenvalue weighted by Crippen LogP contribution is 2.24. The molecule has 1 aliphatic rings. The molecule has 0 aliphatic carbocycles. The smallest absolute Gasteiger partial charge is 0.228 e. The molecular formula is C13H20N2OS. The van der Waals surface area contributed by atoms with Gasteiger partial charge in [-0.05, 0) is 44.9 Å². The average Bonchev–Trinajstić information content (AvgIpc) is 2.85. The largest absolute Gasteiger partial charge is 0.339 e. The number of likely N-dealkylation sites (tertiary alicyclic amines) is 1. The molecule has 3 nitrogen and oxygen atoms in total. The van der Waals surface area contributed by atoms with E-state index in [-0.39, 0.29) is 5.91 Å². The van der Waals surface area contributed by atoms with Gasteiger partial charge in [-0.25, -0.2) is 0 Å². The Kier molecular flexibility index (Phi) is 3.84. The van der Waals surface area contributed by atoms with Gasteiger partial charge in [-0.3, -0.25) is 4.79 Å². The van der Waals surface area contributed by atoms with Gasteiger partial charge in [0.25, 0.3) is 0 Å². The van der Waals surface area contributed by atoms with Crippen LogP contribution in [0.15, 0.2) is 12.1 Å². The summed E-state index contributed by atoms with van der Waals surface area (Å²) >= 11 is 1.71. The lowest BCUT2D eigenvalue weighted by atomic mass is 10.1. The number of carbonyl (C=O) groups excluding carboxylic acids is 1. The van der Waals surface area contributed by atoms with E-state index >= 15 is 0 Å². The van der Waals surface area contributed by atoms with Gasteiger partial charge >= 0.3 is 0 Å². The molecule has 1 aliphatic heterocycles. The molecule has 2 heterocycles. The maximum absolute atomic E-state index is 12.2. The molecule has 4 heteroatoms. The number of nitrogens with zero attached hydrogens (tertiary/aromatic N) is 1. The minimum atomic E-state index is 0.246. The first-order chi connectivity index (χ1) is 8.10. The number of rotatable bonds is 3. The molecular weight excluding hydrogens is 232 g/mol. The Morgan fingerprint density at radius 2 is 2.35 bits per heavy atom. The molecule has 2 unspecified atom stereocenters. The van der Waals surface area contributed by atoms with E-state index in [1.165, 1.54) is 4.88 Å². The van der Waals surface area contributed by atoms with E-state index in [4.69, 9.17) is 5.73 Å². The van der Waals surface area contributed by atoms with Gasteiger partial charge in [0.15, 0.2) is 0 Å². The standard InChI is InChI=1S/C13H20N2OS/c1-9-5-11(7-14)8-15(9)13(16)6-12-4-3-10(2)17-12/h3-4,9,11H,5-8,14H2,1-2H3. The van der Waals surface area contributed by atoms with Crippen molar-refractivity contribution in [2.75, 3.05) is 13.1 Å². The molecule has 2 rings (SSSR count). The van der Waals surface area contributed by atoms with Gasteiger partial charge in [-0.2, -0.15) is 0 Å². The number of hydrogen-bond acceptors (Lipinski definition) is 3. The number of hydrogen-bond donors (Lipinski definition) is 1. The summed E-state index contributed by atoms with van der Waals surface area (Å²) in [4.78, 5) is 16.6. The molecule has 1 saturated heterocycles. The maximum Gasteiger partial charge on any atom is 0.228 e. The number of carbonyl (C=O) groups is 1. The normalized spacial score (nSPS) is 24.3. The maximum atomic E-state index is 12.2. The van der Waals surface area contributed by atoms with Gasteiger partial charge in [0.05, 0.1) is 6.42 Å². The Morgan fingerprint density at radius 3 is 2.88 bits per heavy atom. The average molecular weight is 252 g/mol. The molecule has 17 heavy (non-hydrogen) atoms. The molecule has 0 aromatic carbocycles. The van der Waals surface area contributed by atoms with Crippen molar-refractivity contribution in [2.45, 2.75) is 32.7 Å². The van der Waals surface area contributed by atoms with E-state index in [2.05, 4.69) is 26.0 Å². The second-order valence-corrected chi connectivity index (χ2v) is 6.29. The van der Waals surface area contributed by atoms with Crippen LogP contribution >= 0.6 is 11.3 Å². The van der Waals surface area contributed by atoms with Gasteiger partial charge in [-0.1, -0.05) is 0 Å². The fourth-order valence-corrected chi connectivity index (χ4v) is 3.37. The van der Waals surface area contributed by atoms with Crippen molar-refractivity contribution < 1.29 is 4.79 Å². The van der Waals surface area contributed by atoms with Crippen molar-refractivity contribution in [2.24, 2.45) is 11.7 Å². The molecule has 2 N–H and O–H groups in total. The molecule has 0 saturated carbocycles. The van der Waals surface area contributed by atoms with Crippen molar-refractivity contribution in [1.82, 2.24) is 4.90 Å². The number of amides is 1. The molecule has 1 aromatic rings. The van der Waals surface area contributed by atoms with E-state index in [0.29, 0.717) is 24.9 Å². The summed E-state index contributed by atoms with van der Waals surface area (Å²) in [5.74, 6) is 0.731. The van der Waals surface area contributed by atoms with Crippen LogP contribution in [0.2, 0.25) is 0 Å². The van der Waals surface area contributed by atoms with E-state index in [1.54, 1.807) is 11.3 Å². The van der Waals surface area contributed by atoms with Gasteiger partial charge in [0.2, 0.25) is 5.91 Å². The van der Waals surface area contributed by atoms with Crippen LogP contribution in [0, 0.1) is 12.8 Å². The summed E-state index contributed by atoms with van der Waals surface area (Å²) in [6, 6.07) is 4.47. The van der Waals surface area contributed by atoms with Gasteiger partial charge in [0.1, 0.15) is 0 Å². The third-order valence-electron chi connectivity index (χ3n) is 3.44. The van der Waals surface area contributed by atoms with E-state index in [9.17, 15) is 4.79 Å². The quantitative estimate of drug-likeness (QED) is 0.891. The van der Waals surface area contributed by atoms with E-state index < -0.39 is 0 Å². The summed E-state index contributed by atoms with van der Waals surface area (Å²) in [5, 5.41) is 0. The van der Waals surface area contributed by atoms with Crippen LogP contribution in [0.5, 0.6) is 0 Å². The van der Waals surface area contributed by atoms with E-state index in [0.717, 1.165) is 17.8 Å². The van der Waals surface area contributed by atoms with Gasteiger partial charge < -0.3 is 10.6 Å². The number of thiophene rings is 1. The van der Waals surface area contributed by atoms with Crippen LogP contribution in [-0.2, 0) is 11.2 Å². The fourth-order valence-electron chi connectivity index (χ4n) is 2.49. The molecule has 0 spiro atoms. The zero-order valence-electron chi connectivity index (χ0n) is 10.5. The Labute approximate surface area is 107 Å². The van der Waals surface area contributed by atoms with Gasteiger partial charge in [-0.15, -0.1) is 11.3 Å². The van der Waals surface area contributed by atoms with Crippen LogP contribution in [-0.4, -0.2) is 29.9 Å². The van der Waals surface area contributed by atoms with E-state index in [1.807, 2.05) is 4.90 Å². The molecule has 0 radical (unpaired) electrons. The summed E-state index contributed by atoms with van der Waals surface area (Å²) in [6.45, 7) is 5.71. The third kappa shape index (κ3) is 2.87. The second kappa shape index (κ2) is 5.19. The number of aryl methyl sites for hydroxylation is 1. The summed E-state index contributed by atoms with van der Waals surface area (Å²) < 4.78 is 0. The highest BCUT2D eigenvalue weighted by molar-refractivity contribution is 7.12. The first-order valence-electron chi connectivity index (χ1n) is 6.15. The highest BCUT2D eigenvalue weighted by atomic mass is 32.1. The Hall–Kier alpha value is -0.870. The third-order valence-corrected chi connectivity index (χ3v) is 4.44. The van der Waals surface area contributed by atoms with Crippen LogP contribution in [0.4, 0.5) is 0 Å². The van der Waals surface area contributed by atoms with Crippen LogP contribution < -0.4 is 5.73 Å². The predicted octanol–water partition coefficient (Wildman–Crippen LogP) is 1.79. The Balaban J connectivity index is 1.96. The lowest BCUT2D eigenvalue weighted by Crippen LogP contribution is -2.35. The first-order valence-corrected chi connectivity index (χ1v) is 6.96. The van der Waals surface area contributed by atoms with Crippen molar-refractivity contribution in [3.63, 3.8) is 0 Å². The summed E-state index contributed by atoms with van der Waals surface area (Å²) in [5.41, 5.74) is 5.68.